The summed E-state index contributed by atoms with van der Waals surface area (Å²) in [5.74, 6) is 2.07. The maximum atomic E-state index is 12.0. The van der Waals surface area contributed by atoms with Gasteiger partial charge in [-0.15, -0.1) is 0 Å². The minimum absolute atomic E-state index is 0.282. The maximum absolute atomic E-state index is 12.0. The minimum atomic E-state index is -3.30. The molecule has 0 aliphatic heterocycles. The van der Waals surface area contributed by atoms with Gasteiger partial charge in [-0.25, -0.2) is 18.4 Å². The van der Waals surface area contributed by atoms with Gasteiger partial charge in [-0.2, -0.15) is 0 Å². The molecule has 5 rings (SSSR count). The van der Waals surface area contributed by atoms with Crippen molar-refractivity contribution in [3.63, 3.8) is 0 Å². The Morgan fingerprint density at radius 1 is 0.857 bits per heavy atom. The molecule has 2 aromatic heterocycles. The molecule has 0 saturated carbocycles. The zero-order chi connectivity index (χ0) is 24.7. The Hall–Kier alpha value is -3.39. The number of sulfone groups is 1. The normalized spacial score (nSPS) is 11.7. The molecule has 0 bridgehead atoms. The average molecular weight is 523 g/mol. The molecule has 5 aromatic rings. The van der Waals surface area contributed by atoms with E-state index in [1.54, 1.807) is 42.6 Å². The molecule has 0 atom stereocenters. The summed E-state index contributed by atoms with van der Waals surface area (Å²) < 4.78 is 27.8. The van der Waals surface area contributed by atoms with Crippen LogP contribution in [0.15, 0.2) is 90.2 Å². The third-order valence-corrected chi connectivity index (χ3v) is 7.43. The summed E-state index contributed by atoms with van der Waals surface area (Å²) in [5.41, 5.74) is 3.18. The number of aromatic nitrogens is 4. The summed E-state index contributed by atoms with van der Waals surface area (Å²) in [6, 6.07) is 20.0. The van der Waals surface area contributed by atoms with Gasteiger partial charge in [0.05, 0.1) is 26.7 Å². The molecule has 35 heavy (non-hydrogen) atoms. The summed E-state index contributed by atoms with van der Waals surface area (Å²) in [7, 11) is -3.30. The summed E-state index contributed by atoms with van der Waals surface area (Å²) in [4.78, 5) is 9.43. The van der Waals surface area contributed by atoms with Crippen LogP contribution in [0.25, 0.3) is 34.0 Å². The monoisotopic (exact) mass is 522 g/mol. The summed E-state index contributed by atoms with van der Waals surface area (Å²) in [5, 5.41) is 0.986. The molecular formula is C26H20Cl2N4O2S. The topological polar surface area (TPSA) is 69.8 Å². The van der Waals surface area contributed by atoms with E-state index in [4.69, 9.17) is 28.2 Å². The standard InChI is InChI=1S/C26H20Cl2N4O2S/c1-17-29-13-14-31(17)24-16-32(26(30-24)25-22(27)7-4-8-23(25)28)20-11-9-18(10-12-20)19-5-3-6-21(15-19)35(2,33)34/h3-16H,1-2H3. The van der Waals surface area contributed by atoms with E-state index in [0.717, 1.165) is 22.6 Å². The Morgan fingerprint density at radius 3 is 2.17 bits per heavy atom. The van der Waals surface area contributed by atoms with Gasteiger partial charge in [-0.1, -0.05) is 53.5 Å². The quantitative estimate of drug-likeness (QED) is 0.267. The largest absolute Gasteiger partial charge is 0.297 e. The fourth-order valence-electron chi connectivity index (χ4n) is 3.91. The lowest BCUT2D eigenvalue weighted by Gasteiger charge is -2.11. The first-order valence-electron chi connectivity index (χ1n) is 10.7. The molecule has 0 amide bonds. The van der Waals surface area contributed by atoms with Crippen molar-refractivity contribution in [2.75, 3.05) is 6.26 Å². The molecule has 0 radical (unpaired) electrons. The number of benzene rings is 3. The van der Waals surface area contributed by atoms with Crippen molar-refractivity contribution in [3.05, 3.63) is 101 Å². The molecule has 0 fully saturated rings. The van der Waals surface area contributed by atoms with E-state index in [1.807, 2.05) is 58.8 Å². The fourth-order valence-corrected chi connectivity index (χ4v) is 5.14. The predicted octanol–water partition coefficient (Wildman–Crippen LogP) is 6.41. The molecule has 0 saturated heterocycles. The van der Waals surface area contributed by atoms with Gasteiger partial charge < -0.3 is 0 Å². The first-order chi connectivity index (χ1) is 16.7. The smallest absolute Gasteiger partial charge is 0.175 e. The molecule has 176 valence electrons. The Balaban J connectivity index is 1.63. The van der Waals surface area contributed by atoms with E-state index in [2.05, 4.69) is 4.98 Å². The lowest BCUT2D eigenvalue weighted by Crippen LogP contribution is -1.98. The molecule has 6 nitrogen and oxygen atoms in total. The SMILES string of the molecule is Cc1nccn1-c1cn(-c2ccc(-c3cccc(S(C)(=O)=O)c3)cc2)c(-c2c(Cl)cccc2Cl)n1. The maximum Gasteiger partial charge on any atom is 0.175 e. The molecule has 2 heterocycles. The van der Waals surface area contributed by atoms with E-state index < -0.39 is 9.84 Å². The zero-order valence-corrected chi connectivity index (χ0v) is 21.2. The number of halogens is 2. The highest BCUT2D eigenvalue weighted by atomic mass is 35.5. The Kier molecular flexibility index (Phi) is 6.01. The van der Waals surface area contributed by atoms with Gasteiger partial charge in [0.15, 0.2) is 15.7 Å². The Bertz CT molecular complexity index is 1630. The van der Waals surface area contributed by atoms with Crippen LogP contribution in [0.5, 0.6) is 0 Å². The average Bonchev–Trinajstić information content (AvgIpc) is 3.45. The number of rotatable bonds is 5. The van der Waals surface area contributed by atoms with E-state index in [1.165, 1.54) is 6.26 Å². The van der Waals surface area contributed by atoms with E-state index in [-0.39, 0.29) is 4.90 Å². The highest BCUT2D eigenvalue weighted by molar-refractivity contribution is 7.90. The first-order valence-corrected chi connectivity index (χ1v) is 13.3. The molecule has 0 unspecified atom stereocenters. The predicted molar refractivity (Wildman–Crippen MR) is 139 cm³/mol. The van der Waals surface area contributed by atoms with Crippen molar-refractivity contribution in [2.45, 2.75) is 11.8 Å². The van der Waals surface area contributed by atoms with Crippen LogP contribution in [0.3, 0.4) is 0 Å². The van der Waals surface area contributed by atoms with Crippen molar-refractivity contribution >= 4 is 33.0 Å². The minimum Gasteiger partial charge on any atom is -0.297 e. The summed E-state index contributed by atoms with van der Waals surface area (Å²) in [6.07, 6.45) is 6.67. The third kappa shape index (κ3) is 4.50. The first kappa shape index (κ1) is 23.4. The molecule has 0 aliphatic rings. The molecule has 3 aromatic carbocycles. The fraction of sp³-hybridized carbons (Fsp3) is 0.0769. The Labute approximate surface area is 213 Å². The van der Waals surface area contributed by atoms with Crippen molar-refractivity contribution in [1.82, 2.24) is 19.1 Å². The van der Waals surface area contributed by atoms with Gasteiger partial charge in [0.25, 0.3) is 0 Å². The van der Waals surface area contributed by atoms with E-state index >= 15 is 0 Å². The number of nitrogens with zero attached hydrogens (tertiary/aromatic N) is 4. The van der Waals surface area contributed by atoms with Crippen LogP contribution in [0, 0.1) is 6.92 Å². The van der Waals surface area contributed by atoms with Crippen LogP contribution in [0.4, 0.5) is 0 Å². The second-order valence-corrected chi connectivity index (χ2v) is 10.9. The van der Waals surface area contributed by atoms with Crippen LogP contribution >= 0.6 is 23.2 Å². The van der Waals surface area contributed by atoms with Crippen LogP contribution in [-0.2, 0) is 9.84 Å². The lowest BCUT2D eigenvalue weighted by atomic mass is 10.1. The number of hydrogen-bond acceptors (Lipinski definition) is 4. The molecule has 9 heteroatoms. The summed E-state index contributed by atoms with van der Waals surface area (Å²) >= 11 is 13.1. The lowest BCUT2D eigenvalue weighted by molar-refractivity contribution is 0.602. The van der Waals surface area contributed by atoms with Gasteiger partial charge in [0.1, 0.15) is 11.6 Å². The zero-order valence-electron chi connectivity index (χ0n) is 18.9. The van der Waals surface area contributed by atoms with Crippen LogP contribution in [-0.4, -0.2) is 33.8 Å². The van der Waals surface area contributed by atoms with Crippen LogP contribution < -0.4 is 0 Å². The van der Waals surface area contributed by atoms with Crippen molar-refractivity contribution in [2.24, 2.45) is 0 Å². The van der Waals surface area contributed by atoms with Crippen LogP contribution in [0.1, 0.15) is 5.82 Å². The van der Waals surface area contributed by atoms with Crippen molar-refractivity contribution < 1.29 is 8.42 Å². The van der Waals surface area contributed by atoms with Gasteiger partial charge in [-0.05, 0) is 54.4 Å². The summed E-state index contributed by atoms with van der Waals surface area (Å²) in [6.45, 7) is 1.90. The van der Waals surface area contributed by atoms with Gasteiger partial charge >= 0.3 is 0 Å². The van der Waals surface area contributed by atoms with Crippen molar-refractivity contribution in [1.29, 1.82) is 0 Å². The van der Waals surface area contributed by atoms with Gasteiger partial charge in [0, 0.05) is 24.3 Å². The van der Waals surface area contributed by atoms with Crippen molar-refractivity contribution in [3.8, 4) is 34.0 Å². The number of imidazole rings is 2. The molecular weight excluding hydrogens is 503 g/mol. The molecule has 0 N–H and O–H groups in total. The highest BCUT2D eigenvalue weighted by Gasteiger charge is 2.19. The third-order valence-electron chi connectivity index (χ3n) is 5.69. The second kappa shape index (κ2) is 9.00. The van der Waals surface area contributed by atoms with Crippen LogP contribution in [0.2, 0.25) is 10.0 Å². The highest BCUT2D eigenvalue weighted by Crippen LogP contribution is 2.36. The number of hydrogen-bond donors (Lipinski definition) is 0. The molecule has 0 aliphatic carbocycles. The van der Waals surface area contributed by atoms with E-state index in [0.29, 0.717) is 27.3 Å². The second-order valence-electron chi connectivity index (χ2n) is 8.08. The Morgan fingerprint density at radius 2 is 1.54 bits per heavy atom. The van der Waals surface area contributed by atoms with Gasteiger partial charge in [-0.3, -0.25) is 9.13 Å². The van der Waals surface area contributed by atoms with Gasteiger partial charge in [0.2, 0.25) is 0 Å². The van der Waals surface area contributed by atoms with E-state index in [9.17, 15) is 8.42 Å². The number of aryl methyl sites for hydroxylation is 1. The molecule has 0 spiro atoms.